The van der Waals surface area contributed by atoms with Gasteiger partial charge in [-0.25, -0.2) is 0 Å². The van der Waals surface area contributed by atoms with E-state index in [0.29, 0.717) is 6.61 Å². The van der Waals surface area contributed by atoms with Crippen molar-refractivity contribution >= 4 is 27.8 Å². The highest BCUT2D eigenvalue weighted by Crippen LogP contribution is 2.16. The molecule has 0 bridgehead atoms. The largest absolute Gasteiger partial charge is 0.489 e. The average molecular weight is 381 g/mol. The SMILES string of the molecule is Brc1ccc(COc2cccc(/C=N\Nc3ccccc3)c2)cc1. The monoisotopic (exact) mass is 380 g/mol. The van der Waals surface area contributed by atoms with Gasteiger partial charge in [0.25, 0.3) is 0 Å². The first kappa shape index (κ1) is 16.3. The van der Waals surface area contributed by atoms with Crippen molar-refractivity contribution in [2.75, 3.05) is 5.43 Å². The molecule has 0 radical (unpaired) electrons. The highest BCUT2D eigenvalue weighted by molar-refractivity contribution is 9.10. The number of hydrogen-bond acceptors (Lipinski definition) is 3. The molecule has 120 valence electrons. The Morgan fingerprint density at radius 3 is 2.50 bits per heavy atom. The van der Waals surface area contributed by atoms with Gasteiger partial charge in [0.1, 0.15) is 12.4 Å². The molecular weight excluding hydrogens is 364 g/mol. The van der Waals surface area contributed by atoms with E-state index in [-0.39, 0.29) is 0 Å². The summed E-state index contributed by atoms with van der Waals surface area (Å²) in [6.45, 7) is 0.538. The number of rotatable bonds is 6. The van der Waals surface area contributed by atoms with E-state index < -0.39 is 0 Å². The van der Waals surface area contributed by atoms with Crippen LogP contribution in [0.2, 0.25) is 0 Å². The number of nitrogens with one attached hydrogen (secondary N) is 1. The molecule has 0 unspecified atom stereocenters. The Morgan fingerprint density at radius 2 is 1.71 bits per heavy atom. The van der Waals surface area contributed by atoms with Gasteiger partial charge < -0.3 is 4.74 Å². The summed E-state index contributed by atoms with van der Waals surface area (Å²) < 4.78 is 6.90. The fourth-order valence-corrected chi connectivity index (χ4v) is 2.39. The normalized spacial score (nSPS) is 10.7. The maximum Gasteiger partial charge on any atom is 0.120 e. The van der Waals surface area contributed by atoms with Crippen LogP contribution in [-0.2, 0) is 6.61 Å². The van der Waals surface area contributed by atoms with Gasteiger partial charge in [0.2, 0.25) is 0 Å². The van der Waals surface area contributed by atoms with E-state index in [9.17, 15) is 0 Å². The second-order valence-electron chi connectivity index (χ2n) is 5.22. The van der Waals surface area contributed by atoms with Crippen molar-refractivity contribution in [3.63, 3.8) is 0 Å². The van der Waals surface area contributed by atoms with Gasteiger partial charge in [-0.05, 0) is 47.5 Å². The highest BCUT2D eigenvalue weighted by Gasteiger charge is 1.98. The van der Waals surface area contributed by atoms with Crippen LogP contribution >= 0.6 is 15.9 Å². The number of para-hydroxylation sites is 1. The second-order valence-corrected chi connectivity index (χ2v) is 6.14. The third kappa shape index (κ3) is 4.96. The standard InChI is InChI=1S/C20H17BrN2O/c21-18-11-9-16(10-12-18)15-24-20-8-4-5-17(13-20)14-22-23-19-6-2-1-3-7-19/h1-14,23H,15H2/b22-14-. The molecule has 1 N–H and O–H groups in total. The maximum absolute atomic E-state index is 5.84. The van der Waals surface area contributed by atoms with Gasteiger partial charge in [-0.15, -0.1) is 0 Å². The molecule has 0 amide bonds. The topological polar surface area (TPSA) is 33.6 Å². The van der Waals surface area contributed by atoms with E-state index in [0.717, 1.165) is 27.0 Å². The molecular formula is C20H17BrN2O. The molecule has 3 nitrogen and oxygen atoms in total. The molecule has 0 aromatic heterocycles. The Bertz CT molecular complexity index is 801. The molecule has 3 aromatic rings. The Labute approximate surface area is 150 Å². The van der Waals surface area contributed by atoms with Gasteiger partial charge in [0.15, 0.2) is 0 Å². The first-order valence-electron chi connectivity index (χ1n) is 7.61. The molecule has 0 heterocycles. The zero-order valence-corrected chi connectivity index (χ0v) is 14.6. The van der Waals surface area contributed by atoms with Crippen LogP contribution in [0.4, 0.5) is 5.69 Å². The average Bonchev–Trinajstić information content (AvgIpc) is 2.63. The van der Waals surface area contributed by atoms with E-state index in [2.05, 4.69) is 26.5 Å². The summed E-state index contributed by atoms with van der Waals surface area (Å²) in [5.41, 5.74) is 6.06. The third-order valence-corrected chi connectivity index (χ3v) is 3.89. The molecule has 3 rings (SSSR count). The van der Waals surface area contributed by atoms with Crippen molar-refractivity contribution in [1.82, 2.24) is 0 Å². The summed E-state index contributed by atoms with van der Waals surface area (Å²) in [5.74, 6) is 0.821. The lowest BCUT2D eigenvalue weighted by Crippen LogP contribution is -1.96. The van der Waals surface area contributed by atoms with Crippen LogP contribution in [0.3, 0.4) is 0 Å². The van der Waals surface area contributed by atoms with E-state index in [1.165, 1.54) is 0 Å². The minimum Gasteiger partial charge on any atom is -0.489 e. The number of halogens is 1. The number of anilines is 1. The van der Waals surface area contributed by atoms with Crippen molar-refractivity contribution in [3.8, 4) is 5.75 Å². The molecule has 0 atom stereocenters. The smallest absolute Gasteiger partial charge is 0.120 e. The van der Waals surface area contributed by atoms with Crippen molar-refractivity contribution in [2.24, 2.45) is 5.10 Å². The molecule has 0 saturated heterocycles. The van der Waals surface area contributed by atoms with Crippen molar-refractivity contribution < 1.29 is 4.74 Å². The summed E-state index contributed by atoms with van der Waals surface area (Å²) in [5, 5.41) is 4.25. The van der Waals surface area contributed by atoms with Gasteiger partial charge in [-0.1, -0.05) is 58.4 Å². The van der Waals surface area contributed by atoms with E-state index in [1.807, 2.05) is 78.9 Å². The van der Waals surface area contributed by atoms with E-state index >= 15 is 0 Å². The van der Waals surface area contributed by atoms with Crippen LogP contribution in [0.15, 0.2) is 88.4 Å². The lowest BCUT2D eigenvalue weighted by Gasteiger charge is -2.07. The predicted octanol–water partition coefficient (Wildman–Crippen LogP) is 5.47. The molecule has 0 spiro atoms. The summed E-state index contributed by atoms with van der Waals surface area (Å²) in [7, 11) is 0. The molecule has 0 aliphatic rings. The number of nitrogens with zero attached hydrogens (tertiary/aromatic N) is 1. The number of benzene rings is 3. The van der Waals surface area contributed by atoms with E-state index in [4.69, 9.17) is 4.74 Å². The summed E-state index contributed by atoms with van der Waals surface area (Å²) in [6, 6.07) is 25.8. The molecule has 0 aliphatic heterocycles. The van der Waals surface area contributed by atoms with E-state index in [1.54, 1.807) is 6.21 Å². The number of hydrazone groups is 1. The molecule has 4 heteroatoms. The summed E-state index contributed by atoms with van der Waals surface area (Å²) in [4.78, 5) is 0. The minimum absolute atomic E-state index is 0.538. The molecule has 0 fully saturated rings. The van der Waals surface area contributed by atoms with Gasteiger partial charge in [-0.3, -0.25) is 5.43 Å². The Balaban J connectivity index is 1.58. The Kier molecular flexibility index (Phi) is 5.64. The quantitative estimate of drug-likeness (QED) is 0.454. The Morgan fingerprint density at radius 1 is 0.917 bits per heavy atom. The zero-order valence-electron chi connectivity index (χ0n) is 13.0. The van der Waals surface area contributed by atoms with Crippen LogP contribution in [0.5, 0.6) is 5.75 Å². The van der Waals surface area contributed by atoms with Crippen molar-refractivity contribution in [3.05, 3.63) is 94.5 Å². The van der Waals surface area contributed by atoms with Crippen LogP contribution in [-0.4, -0.2) is 6.21 Å². The molecule has 0 aliphatic carbocycles. The lowest BCUT2D eigenvalue weighted by atomic mass is 10.2. The van der Waals surface area contributed by atoms with Gasteiger partial charge >= 0.3 is 0 Å². The lowest BCUT2D eigenvalue weighted by molar-refractivity contribution is 0.306. The second kappa shape index (κ2) is 8.31. The van der Waals surface area contributed by atoms with Gasteiger partial charge in [-0.2, -0.15) is 5.10 Å². The number of hydrogen-bond donors (Lipinski definition) is 1. The number of ether oxygens (including phenoxy) is 1. The van der Waals surface area contributed by atoms with Crippen LogP contribution < -0.4 is 10.2 Å². The fourth-order valence-electron chi connectivity index (χ4n) is 2.13. The fraction of sp³-hybridized carbons (Fsp3) is 0.0500. The van der Waals surface area contributed by atoms with Crippen molar-refractivity contribution in [1.29, 1.82) is 0 Å². The molecule has 3 aromatic carbocycles. The summed E-state index contributed by atoms with van der Waals surface area (Å²) in [6.07, 6.45) is 1.78. The highest BCUT2D eigenvalue weighted by atomic mass is 79.9. The minimum atomic E-state index is 0.538. The third-order valence-electron chi connectivity index (χ3n) is 3.36. The van der Waals surface area contributed by atoms with Crippen molar-refractivity contribution in [2.45, 2.75) is 6.61 Å². The predicted molar refractivity (Wildman–Crippen MR) is 103 cm³/mol. The molecule has 0 saturated carbocycles. The first-order valence-corrected chi connectivity index (χ1v) is 8.40. The summed E-state index contributed by atoms with van der Waals surface area (Å²) >= 11 is 3.43. The Hall–Kier alpha value is -2.59. The van der Waals surface area contributed by atoms with Crippen LogP contribution in [0.1, 0.15) is 11.1 Å². The maximum atomic E-state index is 5.84. The molecule has 24 heavy (non-hydrogen) atoms. The van der Waals surface area contributed by atoms with Crippen LogP contribution in [0, 0.1) is 0 Å². The zero-order chi connectivity index (χ0) is 16.6. The van der Waals surface area contributed by atoms with Crippen LogP contribution in [0.25, 0.3) is 0 Å². The first-order chi connectivity index (χ1) is 11.8. The van der Waals surface area contributed by atoms with Gasteiger partial charge in [0, 0.05) is 4.47 Å². The van der Waals surface area contributed by atoms with Gasteiger partial charge in [0.05, 0.1) is 11.9 Å².